The molecule has 45 heavy (non-hydrogen) atoms. The van der Waals surface area contributed by atoms with Crippen LogP contribution < -0.4 is 10.6 Å². The van der Waals surface area contributed by atoms with Crippen LogP contribution in [-0.2, 0) is 33.4 Å². The van der Waals surface area contributed by atoms with Crippen LogP contribution in [0.3, 0.4) is 0 Å². The highest BCUT2D eigenvalue weighted by atomic mass is 16.5. The van der Waals surface area contributed by atoms with E-state index in [-0.39, 0.29) is 35.9 Å². The summed E-state index contributed by atoms with van der Waals surface area (Å²) in [6, 6.07) is 0. The minimum atomic E-state index is -0.970. The Morgan fingerprint density at radius 1 is 0.600 bits per heavy atom. The van der Waals surface area contributed by atoms with Crippen LogP contribution in [0.4, 0.5) is 0 Å². The second kappa shape index (κ2) is 17.7. The Morgan fingerprint density at radius 3 is 1.56 bits per heavy atom. The summed E-state index contributed by atoms with van der Waals surface area (Å²) >= 11 is 0. The zero-order valence-corrected chi connectivity index (χ0v) is 26.5. The van der Waals surface area contributed by atoms with Gasteiger partial charge in [0.25, 0.3) is 0 Å². The van der Waals surface area contributed by atoms with E-state index >= 15 is 0 Å². The predicted octanol–water partition coefficient (Wildman–Crippen LogP) is 3.74. The molecule has 0 saturated heterocycles. The van der Waals surface area contributed by atoms with E-state index in [2.05, 4.69) is 16.7 Å². The zero-order chi connectivity index (χ0) is 32.2. The predicted molar refractivity (Wildman–Crippen MR) is 165 cm³/mol. The van der Waals surface area contributed by atoms with E-state index in [1.54, 1.807) is 0 Å². The lowest BCUT2D eigenvalue weighted by molar-refractivity contribution is -0.152. The Labute approximate surface area is 266 Å². The van der Waals surface area contributed by atoms with Crippen molar-refractivity contribution in [2.45, 2.75) is 115 Å². The van der Waals surface area contributed by atoms with Gasteiger partial charge in [-0.1, -0.05) is 25.7 Å². The minimum Gasteiger partial charge on any atom is -0.481 e. The Kier molecular flexibility index (Phi) is 13.8. The lowest BCUT2D eigenvalue weighted by Gasteiger charge is -2.34. The molecule has 0 spiro atoms. The third-order valence-corrected chi connectivity index (χ3v) is 10.6. The Morgan fingerprint density at radius 2 is 1.07 bits per heavy atom. The fourth-order valence-electron chi connectivity index (χ4n) is 7.84. The van der Waals surface area contributed by atoms with Crippen molar-refractivity contribution in [1.82, 2.24) is 10.6 Å². The average Bonchev–Trinajstić information content (AvgIpc) is 3.05. The standard InChI is InChI=1S/C34H52N2O9/c1-2-43-25-12-14-27(33(39)40)29(18-25)31(37)35-20-22-8-10-23(11-9-22)21-36-32(38)30-19-26(13-15-28(30)34(41)42)45-17-16-44-24-6-4-3-5-7-24/h1,22-30H,3-21H2,(H,35,37)(H,36,38)(H,39,40)(H,41,42). The molecule has 0 bridgehead atoms. The third-order valence-electron chi connectivity index (χ3n) is 10.6. The van der Waals surface area contributed by atoms with Gasteiger partial charge in [-0.2, -0.15) is 0 Å². The number of hydrogen-bond acceptors (Lipinski definition) is 7. The molecule has 0 aliphatic heterocycles. The fraction of sp³-hybridized carbons (Fsp3) is 0.824. The maximum absolute atomic E-state index is 13.2. The van der Waals surface area contributed by atoms with Gasteiger partial charge in [-0.3, -0.25) is 19.2 Å². The van der Waals surface area contributed by atoms with Crippen molar-refractivity contribution in [3.8, 4) is 12.5 Å². The van der Waals surface area contributed by atoms with Crippen molar-refractivity contribution in [2.75, 3.05) is 26.3 Å². The molecule has 2 amide bonds. The lowest BCUT2D eigenvalue weighted by Crippen LogP contribution is -2.45. The van der Waals surface area contributed by atoms with Crippen LogP contribution in [0.25, 0.3) is 0 Å². The largest absolute Gasteiger partial charge is 0.481 e. The van der Waals surface area contributed by atoms with Gasteiger partial charge in [0.05, 0.1) is 49.1 Å². The smallest absolute Gasteiger partial charge is 0.307 e. The van der Waals surface area contributed by atoms with Gasteiger partial charge in [0, 0.05) is 13.1 Å². The summed E-state index contributed by atoms with van der Waals surface area (Å²) in [5.74, 6) is -4.55. The highest BCUT2D eigenvalue weighted by molar-refractivity contribution is 5.85. The van der Waals surface area contributed by atoms with E-state index in [0.29, 0.717) is 70.9 Å². The second-order valence-electron chi connectivity index (χ2n) is 13.6. The summed E-state index contributed by atoms with van der Waals surface area (Å²) in [7, 11) is 0. The van der Waals surface area contributed by atoms with Gasteiger partial charge in [-0.25, -0.2) is 0 Å². The van der Waals surface area contributed by atoms with Crippen LogP contribution in [0, 0.1) is 48.0 Å². The molecule has 0 aromatic heterocycles. The summed E-state index contributed by atoms with van der Waals surface area (Å²) in [6.45, 7) is 1.97. The number of carbonyl (C=O) groups excluding carboxylic acids is 2. The molecule has 0 aromatic rings. The molecule has 6 unspecified atom stereocenters. The van der Waals surface area contributed by atoms with Crippen LogP contribution in [-0.4, -0.2) is 78.6 Å². The van der Waals surface area contributed by atoms with E-state index in [9.17, 15) is 29.4 Å². The van der Waals surface area contributed by atoms with E-state index in [1.165, 1.54) is 19.3 Å². The third kappa shape index (κ3) is 10.6. The van der Waals surface area contributed by atoms with Gasteiger partial charge in [0.2, 0.25) is 11.8 Å². The molecule has 4 fully saturated rings. The molecule has 4 aliphatic carbocycles. The summed E-state index contributed by atoms with van der Waals surface area (Å²) in [5, 5.41) is 25.4. The highest BCUT2D eigenvalue weighted by Crippen LogP contribution is 2.35. The monoisotopic (exact) mass is 632 g/mol. The topological polar surface area (TPSA) is 160 Å². The first kappa shape index (κ1) is 35.0. The van der Waals surface area contributed by atoms with Crippen molar-refractivity contribution >= 4 is 23.8 Å². The second-order valence-corrected chi connectivity index (χ2v) is 13.6. The number of ether oxygens (including phenoxy) is 3. The molecule has 252 valence electrons. The van der Waals surface area contributed by atoms with Crippen LogP contribution in [0.5, 0.6) is 0 Å². The van der Waals surface area contributed by atoms with Gasteiger partial charge in [0.15, 0.2) is 0 Å². The molecule has 4 saturated carbocycles. The maximum Gasteiger partial charge on any atom is 0.307 e. The van der Waals surface area contributed by atoms with Gasteiger partial charge in [0.1, 0.15) is 12.2 Å². The fourth-order valence-corrected chi connectivity index (χ4v) is 7.84. The number of carbonyl (C=O) groups is 4. The first-order valence-corrected chi connectivity index (χ1v) is 17.1. The summed E-state index contributed by atoms with van der Waals surface area (Å²) < 4.78 is 17.2. The number of terminal acetylenes is 1. The van der Waals surface area contributed by atoms with Crippen molar-refractivity contribution < 1.29 is 43.6 Å². The van der Waals surface area contributed by atoms with Gasteiger partial charge >= 0.3 is 11.9 Å². The summed E-state index contributed by atoms with van der Waals surface area (Å²) in [4.78, 5) is 49.8. The molecule has 6 atom stereocenters. The molecule has 0 aromatic carbocycles. The molecule has 11 heteroatoms. The number of carboxylic acids is 2. The number of amides is 2. The van der Waals surface area contributed by atoms with E-state index in [0.717, 1.165) is 38.5 Å². The quantitative estimate of drug-likeness (QED) is 0.165. The van der Waals surface area contributed by atoms with Crippen molar-refractivity contribution in [1.29, 1.82) is 0 Å². The van der Waals surface area contributed by atoms with Gasteiger partial charge in [-0.05, 0) is 88.9 Å². The SMILES string of the molecule is C#COC1CCC(C(=O)O)C(C(=O)NCC2CCC(CNC(=O)C3CC(OCCOC4CCCCC4)CCC3C(=O)O)CC2)C1. The highest BCUT2D eigenvalue weighted by Gasteiger charge is 2.41. The molecule has 4 rings (SSSR count). The Bertz CT molecular complexity index is 1030. The number of aliphatic carboxylic acids is 2. The first-order chi connectivity index (χ1) is 21.7. The zero-order valence-electron chi connectivity index (χ0n) is 26.5. The molecule has 11 nitrogen and oxygen atoms in total. The Hall–Kier alpha value is -2.84. The number of nitrogens with one attached hydrogen (secondary N) is 2. The van der Waals surface area contributed by atoms with Gasteiger partial charge < -0.3 is 35.1 Å². The van der Waals surface area contributed by atoms with Gasteiger partial charge in [-0.15, -0.1) is 0 Å². The van der Waals surface area contributed by atoms with Crippen LogP contribution in [0.15, 0.2) is 0 Å². The average molecular weight is 633 g/mol. The molecular formula is C34H52N2O9. The van der Waals surface area contributed by atoms with Crippen LogP contribution in [0.1, 0.15) is 96.3 Å². The van der Waals surface area contributed by atoms with E-state index < -0.39 is 35.6 Å². The normalized spacial score (nSPS) is 32.5. The molecular weight excluding hydrogens is 580 g/mol. The lowest BCUT2D eigenvalue weighted by atomic mass is 9.76. The maximum atomic E-state index is 13.2. The van der Waals surface area contributed by atoms with Crippen molar-refractivity contribution in [3.05, 3.63) is 0 Å². The molecule has 4 N–H and O–H groups in total. The summed E-state index contributed by atoms with van der Waals surface area (Å²) in [5.41, 5.74) is 0. The molecule has 0 heterocycles. The van der Waals surface area contributed by atoms with Crippen molar-refractivity contribution in [3.63, 3.8) is 0 Å². The van der Waals surface area contributed by atoms with Crippen molar-refractivity contribution in [2.24, 2.45) is 35.5 Å². The van der Waals surface area contributed by atoms with E-state index in [1.807, 2.05) is 0 Å². The summed E-state index contributed by atoms with van der Waals surface area (Å²) in [6.07, 6.45) is 19.3. The van der Waals surface area contributed by atoms with E-state index in [4.69, 9.17) is 20.6 Å². The number of carboxylic acid groups (broad SMARTS) is 2. The molecule has 4 aliphatic rings. The van der Waals surface area contributed by atoms with Crippen LogP contribution in [0.2, 0.25) is 0 Å². The number of hydrogen-bond donors (Lipinski definition) is 4. The number of rotatable bonds is 14. The molecule has 0 radical (unpaired) electrons. The Balaban J connectivity index is 1.15. The van der Waals surface area contributed by atoms with Crippen LogP contribution >= 0.6 is 0 Å². The first-order valence-electron chi connectivity index (χ1n) is 17.1. The minimum absolute atomic E-state index is 0.146.